The summed E-state index contributed by atoms with van der Waals surface area (Å²) in [6, 6.07) is 6.39. The molecule has 2 nitrogen and oxygen atoms in total. The van der Waals surface area contributed by atoms with Gasteiger partial charge in [0, 0.05) is 21.9 Å². The van der Waals surface area contributed by atoms with E-state index in [0.717, 1.165) is 27.6 Å². The number of halogens is 2. The molecule has 0 aromatic heterocycles. The minimum atomic E-state index is 0.111. The van der Waals surface area contributed by atoms with E-state index in [4.69, 9.17) is 5.26 Å². The maximum absolute atomic E-state index is 8.65. The van der Waals surface area contributed by atoms with E-state index in [1.807, 2.05) is 0 Å². The second kappa shape index (κ2) is 6.58. The van der Waals surface area contributed by atoms with Crippen molar-refractivity contribution in [3.05, 3.63) is 26.6 Å². The molecule has 0 radical (unpaired) electrons. The number of nitrogens with one attached hydrogen (secondary N) is 1. The molecule has 98 valence electrons. The van der Waals surface area contributed by atoms with E-state index in [1.165, 1.54) is 5.56 Å². The van der Waals surface area contributed by atoms with Crippen molar-refractivity contribution >= 4 is 37.5 Å². The Bertz CT molecular complexity index is 438. The average molecular weight is 374 g/mol. The van der Waals surface area contributed by atoms with Crippen molar-refractivity contribution in [2.24, 2.45) is 5.41 Å². The van der Waals surface area contributed by atoms with E-state index >= 15 is 0 Å². The SMILES string of the molecule is Cc1cc(Br)c(NCC(C)(C)CCC#N)c(Br)c1. The van der Waals surface area contributed by atoms with Crippen LogP contribution in [-0.2, 0) is 0 Å². The van der Waals surface area contributed by atoms with E-state index < -0.39 is 0 Å². The Morgan fingerprint density at radius 2 is 1.83 bits per heavy atom. The van der Waals surface area contributed by atoms with Gasteiger partial charge in [0.15, 0.2) is 0 Å². The van der Waals surface area contributed by atoms with Crippen LogP contribution in [0.5, 0.6) is 0 Å². The van der Waals surface area contributed by atoms with Crippen molar-refractivity contribution in [3.63, 3.8) is 0 Å². The highest BCUT2D eigenvalue weighted by molar-refractivity contribution is 9.11. The third-order valence-corrected chi connectivity index (χ3v) is 4.09. The number of nitriles is 1. The van der Waals surface area contributed by atoms with Crippen molar-refractivity contribution in [1.29, 1.82) is 5.26 Å². The van der Waals surface area contributed by atoms with Gasteiger partial charge in [0.2, 0.25) is 0 Å². The zero-order chi connectivity index (χ0) is 13.8. The molecule has 0 aliphatic rings. The Morgan fingerprint density at radius 3 is 2.33 bits per heavy atom. The molecule has 1 rings (SSSR count). The van der Waals surface area contributed by atoms with Crippen LogP contribution in [0, 0.1) is 23.7 Å². The fourth-order valence-corrected chi connectivity index (χ4v) is 3.37. The number of rotatable bonds is 5. The molecule has 1 N–H and O–H groups in total. The molecular weight excluding hydrogens is 356 g/mol. The Balaban J connectivity index is 2.72. The third-order valence-electron chi connectivity index (χ3n) is 2.84. The zero-order valence-corrected chi connectivity index (χ0v) is 14.2. The van der Waals surface area contributed by atoms with Gasteiger partial charge in [-0.25, -0.2) is 0 Å². The first-order valence-corrected chi connectivity index (χ1v) is 7.51. The molecule has 0 amide bonds. The van der Waals surface area contributed by atoms with E-state index in [2.05, 4.69) is 76.1 Å². The summed E-state index contributed by atoms with van der Waals surface area (Å²) in [6.45, 7) is 7.26. The number of hydrogen-bond acceptors (Lipinski definition) is 2. The van der Waals surface area contributed by atoms with Crippen molar-refractivity contribution in [2.75, 3.05) is 11.9 Å². The van der Waals surface area contributed by atoms with Gasteiger partial charge in [0.1, 0.15) is 0 Å². The topological polar surface area (TPSA) is 35.8 Å². The number of anilines is 1. The maximum atomic E-state index is 8.65. The summed E-state index contributed by atoms with van der Waals surface area (Å²) in [4.78, 5) is 0. The van der Waals surface area contributed by atoms with Gasteiger partial charge < -0.3 is 5.32 Å². The lowest BCUT2D eigenvalue weighted by Crippen LogP contribution is -2.23. The lowest BCUT2D eigenvalue weighted by atomic mass is 9.88. The van der Waals surface area contributed by atoms with E-state index in [9.17, 15) is 0 Å². The second-order valence-electron chi connectivity index (χ2n) is 5.28. The number of hydrogen-bond donors (Lipinski definition) is 1. The summed E-state index contributed by atoms with van der Waals surface area (Å²) in [7, 11) is 0. The van der Waals surface area contributed by atoms with Crippen LogP contribution in [0.15, 0.2) is 21.1 Å². The molecule has 0 heterocycles. The minimum Gasteiger partial charge on any atom is -0.383 e. The Morgan fingerprint density at radius 1 is 1.28 bits per heavy atom. The van der Waals surface area contributed by atoms with Crippen LogP contribution in [0.1, 0.15) is 32.3 Å². The second-order valence-corrected chi connectivity index (χ2v) is 6.99. The van der Waals surface area contributed by atoms with Gasteiger partial charge >= 0.3 is 0 Å². The lowest BCUT2D eigenvalue weighted by molar-refractivity contribution is 0.363. The summed E-state index contributed by atoms with van der Waals surface area (Å²) < 4.78 is 2.12. The standard InChI is InChI=1S/C14H18Br2N2/c1-10-7-11(15)13(12(16)8-10)18-9-14(2,3)5-4-6-17/h7-8,18H,4-5,9H2,1-3H3. The molecular formula is C14H18Br2N2. The molecule has 18 heavy (non-hydrogen) atoms. The quantitative estimate of drug-likeness (QED) is 0.763. The molecule has 0 aliphatic heterocycles. The van der Waals surface area contributed by atoms with Crippen LogP contribution in [0.25, 0.3) is 0 Å². The predicted octanol–water partition coefficient (Wildman–Crippen LogP) is 5.26. The van der Waals surface area contributed by atoms with Crippen LogP contribution >= 0.6 is 31.9 Å². The van der Waals surface area contributed by atoms with E-state index in [-0.39, 0.29) is 5.41 Å². The Labute approximate surface area is 126 Å². The van der Waals surface area contributed by atoms with Crippen LogP contribution in [-0.4, -0.2) is 6.54 Å². The molecule has 1 aromatic carbocycles. The summed E-state index contributed by atoms with van der Waals surface area (Å²) in [6.07, 6.45) is 1.50. The molecule has 0 saturated heterocycles. The number of benzene rings is 1. The summed E-state index contributed by atoms with van der Waals surface area (Å²) in [5.74, 6) is 0. The van der Waals surface area contributed by atoms with Crippen LogP contribution in [0.3, 0.4) is 0 Å². The molecule has 0 aliphatic carbocycles. The first kappa shape index (κ1) is 15.5. The molecule has 0 spiro atoms. The zero-order valence-electron chi connectivity index (χ0n) is 11.0. The molecule has 0 unspecified atom stereocenters. The molecule has 0 saturated carbocycles. The smallest absolute Gasteiger partial charge is 0.0629 e. The largest absolute Gasteiger partial charge is 0.383 e. The molecule has 0 atom stereocenters. The Kier molecular flexibility index (Phi) is 5.68. The van der Waals surface area contributed by atoms with Crippen LogP contribution in [0.4, 0.5) is 5.69 Å². The predicted molar refractivity (Wildman–Crippen MR) is 83.7 cm³/mol. The minimum absolute atomic E-state index is 0.111. The third kappa shape index (κ3) is 4.62. The summed E-state index contributed by atoms with van der Waals surface area (Å²) in [5.41, 5.74) is 2.40. The highest BCUT2D eigenvalue weighted by Crippen LogP contribution is 2.33. The van der Waals surface area contributed by atoms with Crippen LogP contribution < -0.4 is 5.32 Å². The van der Waals surface area contributed by atoms with Gasteiger partial charge in [-0.1, -0.05) is 13.8 Å². The fraction of sp³-hybridized carbons (Fsp3) is 0.500. The van der Waals surface area contributed by atoms with Crippen molar-refractivity contribution < 1.29 is 0 Å². The van der Waals surface area contributed by atoms with Gasteiger partial charge in [-0.15, -0.1) is 0 Å². The molecule has 1 aromatic rings. The molecule has 0 fully saturated rings. The average Bonchev–Trinajstić information content (AvgIpc) is 2.24. The highest BCUT2D eigenvalue weighted by Gasteiger charge is 2.18. The van der Waals surface area contributed by atoms with Gasteiger partial charge in [-0.3, -0.25) is 0 Å². The molecule has 4 heteroatoms. The van der Waals surface area contributed by atoms with Gasteiger partial charge in [-0.05, 0) is 68.3 Å². The lowest BCUT2D eigenvalue weighted by Gasteiger charge is -2.25. The maximum Gasteiger partial charge on any atom is 0.0629 e. The Hall–Kier alpha value is -0.530. The van der Waals surface area contributed by atoms with E-state index in [0.29, 0.717) is 6.42 Å². The fourth-order valence-electron chi connectivity index (χ4n) is 1.68. The van der Waals surface area contributed by atoms with Crippen molar-refractivity contribution in [3.8, 4) is 6.07 Å². The van der Waals surface area contributed by atoms with Gasteiger partial charge in [0.25, 0.3) is 0 Å². The summed E-state index contributed by atoms with van der Waals surface area (Å²) >= 11 is 7.15. The first-order chi connectivity index (χ1) is 8.35. The first-order valence-electron chi connectivity index (χ1n) is 5.92. The highest BCUT2D eigenvalue weighted by atomic mass is 79.9. The molecule has 0 bridgehead atoms. The van der Waals surface area contributed by atoms with Gasteiger partial charge in [0.05, 0.1) is 11.8 Å². The van der Waals surface area contributed by atoms with Gasteiger partial charge in [-0.2, -0.15) is 5.26 Å². The van der Waals surface area contributed by atoms with E-state index in [1.54, 1.807) is 0 Å². The number of aryl methyl sites for hydroxylation is 1. The van der Waals surface area contributed by atoms with Crippen molar-refractivity contribution in [2.45, 2.75) is 33.6 Å². The van der Waals surface area contributed by atoms with Crippen molar-refractivity contribution in [1.82, 2.24) is 0 Å². The summed E-state index contributed by atoms with van der Waals surface area (Å²) in [5, 5.41) is 12.1. The normalized spacial score (nSPS) is 11.1. The van der Waals surface area contributed by atoms with Crippen LogP contribution in [0.2, 0.25) is 0 Å². The monoisotopic (exact) mass is 372 g/mol. The number of nitrogens with zero attached hydrogens (tertiary/aromatic N) is 1.